The Kier molecular flexibility index (Phi) is 15.4. The largest absolute Gasteiger partial charge is 2.00 e. The van der Waals surface area contributed by atoms with Crippen LogP contribution in [-0.2, 0) is 17.1 Å². The molecule has 0 saturated carbocycles. The minimum atomic E-state index is -0.0327. The summed E-state index contributed by atoms with van der Waals surface area (Å²) >= 11 is 11.5. The fourth-order valence-corrected chi connectivity index (χ4v) is 2.43. The predicted molar refractivity (Wildman–Crippen MR) is 117 cm³/mol. The van der Waals surface area contributed by atoms with Crippen molar-refractivity contribution >= 4 is 35.6 Å². The molecule has 0 bridgehead atoms. The average molecular weight is 485 g/mol. The molecule has 0 aliphatic carbocycles. The van der Waals surface area contributed by atoms with Crippen LogP contribution in [0.2, 0.25) is 10.0 Å². The van der Waals surface area contributed by atoms with Gasteiger partial charge in [0.2, 0.25) is 0 Å². The summed E-state index contributed by atoms with van der Waals surface area (Å²) in [5.41, 5.74) is 1.13. The molecule has 0 atom stereocenters. The molecule has 0 spiro atoms. The van der Waals surface area contributed by atoms with Crippen molar-refractivity contribution in [2.75, 3.05) is 13.1 Å². The zero-order valence-electron chi connectivity index (χ0n) is 16.6. The summed E-state index contributed by atoms with van der Waals surface area (Å²) in [5.74, 6) is -0.0655. The maximum atomic E-state index is 11.3. The standard InChI is InChI=1S/2C11H14ClNO.Cu/c2*1-2-3-6-13-8-9-7-10(12)4-5-11(9)14;/h2*4-5,7-8,14H,2-3,6H2,1H3;/q;;+2/p-2. The van der Waals surface area contributed by atoms with Crippen molar-refractivity contribution in [1.82, 2.24) is 0 Å². The van der Waals surface area contributed by atoms with Crippen molar-refractivity contribution in [3.8, 4) is 11.5 Å². The van der Waals surface area contributed by atoms with E-state index in [0.29, 0.717) is 21.2 Å². The Morgan fingerprint density at radius 1 is 0.759 bits per heavy atom. The van der Waals surface area contributed by atoms with Crippen LogP contribution >= 0.6 is 23.2 Å². The molecule has 0 aliphatic heterocycles. The van der Waals surface area contributed by atoms with E-state index in [1.165, 1.54) is 12.1 Å². The first-order valence-corrected chi connectivity index (χ1v) is 10.2. The number of nitrogens with zero attached hydrogens (tertiary/aromatic N) is 2. The molecule has 0 fully saturated rings. The number of halogens is 2. The number of rotatable bonds is 8. The Hall–Kier alpha value is -1.52. The maximum Gasteiger partial charge on any atom is 2.00 e. The third kappa shape index (κ3) is 11.9. The van der Waals surface area contributed by atoms with Gasteiger partial charge in [0.05, 0.1) is 0 Å². The molecule has 161 valence electrons. The molecule has 0 amide bonds. The molecule has 0 N–H and O–H groups in total. The molecule has 2 rings (SSSR count). The smallest absolute Gasteiger partial charge is 0.872 e. The van der Waals surface area contributed by atoms with Crippen molar-refractivity contribution in [3.05, 3.63) is 57.6 Å². The third-order valence-corrected chi connectivity index (χ3v) is 4.16. The summed E-state index contributed by atoms with van der Waals surface area (Å²) in [6, 6.07) is 9.38. The van der Waals surface area contributed by atoms with Crippen LogP contribution in [0, 0.1) is 0 Å². The van der Waals surface area contributed by atoms with E-state index in [1.54, 1.807) is 36.7 Å². The van der Waals surface area contributed by atoms with Crippen LogP contribution < -0.4 is 10.2 Å². The quantitative estimate of drug-likeness (QED) is 0.291. The molecule has 29 heavy (non-hydrogen) atoms. The van der Waals surface area contributed by atoms with E-state index in [1.807, 2.05) is 0 Å². The van der Waals surface area contributed by atoms with Gasteiger partial charge in [0, 0.05) is 35.6 Å². The predicted octanol–water partition coefficient (Wildman–Crippen LogP) is 5.26. The van der Waals surface area contributed by atoms with E-state index in [9.17, 15) is 10.2 Å². The van der Waals surface area contributed by atoms with E-state index in [0.717, 1.165) is 38.8 Å². The first-order valence-electron chi connectivity index (χ1n) is 9.40. The molecule has 0 aromatic heterocycles. The number of benzene rings is 2. The van der Waals surface area contributed by atoms with Gasteiger partial charge in [-0.2, -0.15) is 0 Å². The van der Waals surface area contributed by atoms with Gasteiger partial charge in [-0.3, -0.25) is 9.98 Å². The molecule has 0 saturated heterocycles. The van der Waals surface area contributed by atoms with Gasteiger partial charge >= 0.3 is 17.1 Å². The Balaban J connectivity index is 0.000000523. The molecule has 0 heterocycles. The summed E-state index contributed by atoms with van der Waals surface area (Å²) in [6.07, 6.45) is 7.51. The maximum absolute atomic E-state index is 11.3. The molecule has 2 aromatic carbocycles. The van der Waals surface area contributed by atoms with E-state index in [-0.39, 0.29) is 28.6 Å². The number of hydrogen-bond donors (Lipinski definition) is 0. The Morgan fingerprint density at radius 3 is 1.48 bits per heavy atom. The first-order chi connectivity index (χ1) is 13.5. The van der Waals surface area contributed by atoms with Crippen molar-refractivity contribution in [1.29, 1.82) is 0 Å². The first kappa shape index (κ1) is 27.5. The molecule has 0 aliphatic rings. The molecule has 1 radical (unpaired) electrons. The van der Waals surface area contributed by atoms with Crippen molar-refractivity contribution in [2.24, 2.45) is 9.98 Å². The van der Waals surface area contributed by atoms with Gasteiger partial charge in [-0.05, 0) is 48.2 Å². The fourth-order valence-electron chi connectivity index (χ4n) is 2.07. The van der Waals surface area contributed by atoms with Gasteiger partial charge in [-0.15, -0.1) is 0 Å². The molecule has 4 nitrogen and oxygen atoms in total. The van der Waals surface area contributed by atoms with Crippen LogP contribution in [0.4, 0.5) is 0 Å². The summed E-state index contributed by atoms with van der Waals surface area (Å²) in [7, 11) is 0. The zero-order chi connectivity index (χ0) is 20.8. The van der Waals surface area contributed by atoms with Gasteiger partial charge < -0.3 is 10.2 Å². The molecule has 0 unspecified atom stereocenters. The number of aliphatic imine (C=N–C) groups is 2. The van der Waals surface area contributed by atoms with Gasteiger partial charge in [0.15, 0.2) is 0 Å². The van der Waals surface area contributed by atoms with Gasteiger partial charge in [0.1, 0.15) is 0 Å². The molecule has 2 aromatic rings. The normalized spacial score (nSPS) is 10.6. The Morgan fingerprint density at radius 2 is 1.14 bits per heavy atom. The van der Waals surface area contributed by atoms with E-state index < -0.39 is 0 Å². The second kappa shape index (κ2) is 16.3. The summed E-state index contributed by atoms with van der Waals surface area (Å²) in [5, 5.41) is 23.7. The van der Waals surface area contributed by atoms with Gasteiger partial charge in [-0.25, -0.2) is 0 Å². The summed E-state index contributed by atoms with van der Waals surface area (Å²) < 4.78 is 0. The van der Waals surface area contributed by atoms with Crippen molar-refractivity contribution in [3.63, 3.8) is 0 Å². The topological polar surface area (TPSA) is 70.8 Å². The fraction of sp³-hybridized carbons (Fsp3) is 0.364. The summed E-state index contributed by atoms with van der Waals surface area (Å²) in [4.78, 5) is 8.30. The van der Waals surface area contributed by atoms with Crippen LogP contribution in [0.5, 0.6) is 11.5 Å². The van der Waals surface area contributed by atoms with Gasteiger partial charge in [0.25, 0.3) is 0 Å². The second-order valence-electron chi connectivity index (χ2n) is 6.14. The van der Waals surface area contributed by atoms with Gasteiger partial charge in [-0.1, -0.05) is 73.5 Å². The second-order valence-corrected chi connectivity index (χ2v) is 7.01. The minimum absolute atomic E-state index is 0. The molecule has 7 heteroatoms. The van der Waals surface area contributed by atoms with E-state index >= 15 is 0 Å². The van der Waals surface area contributed by atoms with Crippen LogP contribution in [0.3, 0.4) is 0 Å². The Bertz CT molecular complexity index is 718. The van der Waals surface area contributed by atoms with E-state index in [4.69, 9.17) is 23.2 Å². The molecular formula is C22H26Cl2CuN2O2. The van der Waals surface area contributed by atoms with Crippen molar-refractivity contribution in [2.45, 2.75) is 39.5 Å². The monoisotopic (exact) mass is 483 g/mol. The zero-order valence-corrected chi connectivity index (χ0v) is 19.1. The van der Waals surface area contributed by atoms with Crippen LogP contribution in [0.15, 0.2) is 46.4 Å². The van der Waals surface area contributed by atoms with Crippen LogP contribution in [0.25, 0.3) is 0 Å². The molecular weight excluding hydrogens is 459 g/mol. The number of hydrogen-bond acceptors (Lipinski definition) is 4. The third-order valence-electron chi connectivity index (χ3n) is 3.69. The SMILES string of the molecule is CCCCN=Cc1cc(Cl)ccc1[O-].CCCCN=Cc1cc(Cl)ccc1[O-].[Cu+2]. The van der Waals surface area contributed by atoms with Crippen LogP contribution in [-0.4, -0.2) is 25.5 Å². The number of unbranched alkanes of at least 4 members (excludes halogenated alkanes) is 2. The Labute approximate surface area is 194 Å². The average Bonchev–Trinajstić information content (AvgIpc) is 2.68. The minimum Gasteiger partial charge on any atom is -0.872 e. The van der Waals surface area contributed by atoms with E-state index in [2.05, 4.69) is 23.8 Å². The summed E-state index contributed by atoms with van der Waals surface area (Å²) in [6.45, 7) is 5.74. The van der Waals surface area contributed by atoms with Crippen molar-refractivity contribution < 1.29 is 27.3 Å². The van der Waals surface area contributed by atoms with Crippen LogP contribution in [0.1, 0.15) is 50.7 Å².